The van der Waals surface area contributed by atoms with Crippen LogP contribution in [0.3, 0.4) is 0 Å². The third kappa shape index (κ3) is 3.88. The van der Waals surface area contributed by atoms with Crippen LogP contribution >= 0.6 is 11.8 Å². The van der Waals surface area contributed by atoms with E-state index in [1.54, 1.807) is 19.3 Å². The summed E-state index contributed by atoms with van der Waals surface area (Å²) in [6.45, 7) is 1.80. The number of fused-ring (bicyclic) bond motifs is 1. The second kappa shape index (κ2) is 8.68. The Balaban J connectivity index is 1.53. The lowest BCUT2D eigenvalue weighted by atomic mass is 10.2. The van der Waals surface area contributed by atoms with Crippen LogP contribution in [0.25, 0.3) is 33.9 Å². The number of aromatic nitrogens is 5. The number of H-pyrrole nitrogens is 1. The third-order valence-electron chi connectivity index (χ3n) is 5.05. The molecule has 1 atom stereocenters. The minimum Gasteiger partial charge on any atom is -0.510 e. The molecule has 3 heterocycles. The average molecular weight is 455 g/mol. The van der Waals surface area contributed by atoms with Crippen molar-refractivity contribution in [2.24, 2.45) is 0 Å². The molecule has 162 valence electrons. The fourth-order valence-electron chi connectivity index (χ4n) is 3.44. The van der Waals surface area contributed by atoms with Crippen molar-refractivity contribution in [1.82, 2.24) is 24.7 Å². The van der Waals surface area contributed by atoms with Crippen LogP contribution < -0.4 is 0 Å². The van der Waals surface area contributed by atoms with Crippen LogP contribution in [0.1, 0.15) is 12.7 Å². The predicted octanol–water partition coefficient (Wildman–Crippen LogP) is 5.38. The number of aromatic amines is 1. The van der Waals surface area contributed by atoms with Crippen LogP contribution in [0.2, 0.25) is 0 Å². The molecule has 0 radical (unpaired) electrons. The summed E-state index contributed by atoms with van der Waals surface area (Å²) in [5.41, 5.74) is 2.45. The Morgan fingerprint density at radius 1 is 1.09 bits per heavy atom. The molecule has 0 aliphatic carbocycles. The highest BCUT2D eigenvalue weighted by atomic mass is 32.2. The summed E-state index contributed by atoms with van der Waals surface area (Å²) in [4.78, 5) is 7.55. The van der Waals surface area contributed by atoms with E-state index in [0.29, 0.717) is 22.6 Å². The summed E-state index contributed by atoms with van der Waals surface area (Å²) in [6.07, 6.45) is 1.58. The van der Waals surface area contributed by atoms with Gasteiger partial charge >= 0.3 is 0 Å². The number of aliphatic hydroxyl groups is 1. The molecular formula is C24H18N6O2S. The number of benzene rings is 2. The van der Waals surface area contributed by atoms with E-state index in [9.17, 15) is 10.4 Å². The Kier molecular flexibility index (Phi) is 5.42. The Morgan fingerprint density at radius 3 is 2.61 bits per heavy atom. The van der Waals surface area contributed by atoms with Gasteiger partial charge in [0, 0.05) is 5.69 Å². The Hall–Kier alpha value is -4.29. The average Bonchev–Trinajstić information content (AvgIpc) is 3.59. The minimum absolute atomic E-state index is 0.0863. The minimum atomic E-state index is -0.496. The molecule has 5 rings (SSSR count). The normalized spacial score (nSPS) is 13.0. The van der Waals surface area contributed by atoms with Gasteiger partial charge in [-0.05, 0) is 43.3 Å². The summed E-state index contributed by atoms with van der Waals surface area (Å²) in [6, 6.07) is 22.8. The van der Waals surface area contributed by atoms with E-state index in [4.69, 9.17) is 4.42 Å². The van der Waals surface area contributed by atoms with E-state index in [-0.39, 0.29) is 11.3 Å². The van der Waals surface area contributed by atoms with E-state index < -0.39 is 5.25 Å². The Bertz CT molecular complexity index is 1450. The monoisotopic (exact) mass is 454 g/mol. The van der Waals surface area contributed by atoms with E-state index >= 15 is 0 Å². The van der Waals surface area contributed by atoms with Crippen molar-refractivity contribution in [3.8, 4) is 23.3 Å². The number of aliphatic hydroxyl groups excluding tert-OH is 1. The van der Waals surface area contributed by atoms with Gasteiger partial charge in [-0.15, -0.1) is 10.2 Å². The maximum absolute atomic E-state index is 11.0. The van der Waals surface area contributed by atoms with Gasteiger partial charge in [0.05, 0.1) is 22.5 Å². The van der Waals surface area contributed by atoms with Crippen LogP contribution in [0.5, 0.6) is 0 Å². The maximum atomic E-state index is 11.0. The molecule has 2 aromatic carbocycles. The second-order valence-electron chi connectivity index (χ2n) is 7.19. The first-order valence-corrected chi connectivity index (χ1v) is 11.0. The van der Waals surface area contributed by atoms with E-state index in [1.807, 2.05) is 65.2 Å². The molecule has 8 nitrogen and oxygen atoms in total. The number of rotatable bonds is 6. The molecular weight excluding hydrogens is 436 g/mol. The highest BCUT2D eigenvalue weighted by Gasteiger charge is 2.24. The van der Waals surface area contributed by atoms with Crippen molar-refractivity contribution in [2.45, 2.75) is 17.3 Å². The number of allylic oxidation sites excluding steroid dienone is 1. The lowest BCUT2D eigenvalue weighted by molar-refractivity contribution is 0.401. The van der Waals surface area contributed by atoms with Gasteiger partial charge in [0.15, 0.2) is 16.7 Å². The number of nitrogens with zero attached hydrogens (tertiary/aromatic N) is 5. The molecule has 1 unspecified atom stereocenters. The number of hydrogen-bond acceptors (Lipinski definition) is 7. The van der Waals surface area contributed by atoms with Gasteiger partial charge in [-0.25, -0.2) is 4.98 Å². The highest BCUT2D eigenvalue weighted by molar-refractivity contribution is 8.00. The van der Waals surface area contributed by atoms with Gasteiger partial charge in [-0.3, -0.25) is 4.57 Å². The fraction of sp³-hybridized carbons (Fsp3) is 0.0833. The summed E-state index contributed by atoms with van der Waals surface area (Å²) in [5, 5.41) is 29.4. The quantitative estimate of drug-likeness (QED) is 0.201. The predicted molar refractivity (Wildman–Crippen MR) is 126 cm³/mol. The van der Waals surface area contributed by atoms with E-state index in [0.717, 1.165) is 16.7 Å². The van der Waals surface area contributed by atoms with Crippen molar-refractivity contribution in [3.05, 3.63) is 84.6 Å². The molecule has 0 bridgehead atoms. The third-order valence-corrected chi connectivity index (χ3v) is 6.10. The van der Waals surface area contributed by atoms with Gasteiger partial charge < -0.3 is 14.5 Å². The first kappa shape index (κ1) is 20.6. The second-order valence-corrected chi connectivity index (χ2v) is 8.50. The van der Waals surface area contributed by atoms with Crippen LogP contribution in [0.4, 0.5) is 0 Å². The number of thioether (sulfide) groups is 1. The molecule has 9 heteroatoms. The van der Waals surface area contributed by atoms with Gasteiger partial charge in [0.25, 0.3) is 0 Å². The van der Waals surface area contributed by atoms with Crippen molar-refractivity contribution < 1.29 is 9.52 Å². The maximum Gasteiger partial charge on any atom is 0.205 e. The zero-order valence-electron chi connectivity index (χ0n) is 17.5. The van der Waals surface area contributed by atoms with Crippen molar-refractivity contribution in [3.63, 3.8) is 0 Å². The molecule has 0 spiro atoms. The number of para-hydroxylation sites is 3. The molecule has 2 N–H and O–H groups in total. The summed E-state index contributed by atoms with van der Waals surface area (Å²) in [7, 11) is 0. The Labute approximate surface area is 193 Å². The van der Waals surface area contributed by atoms with Crippen LogP contribution in [0.15, 0.2) is 88.3 Å². The molecule has 5 aromatic rings. The lowest BCUT2D eigenvalue weighted by Gasteiger charge is -2.13. The molecule has 0 amide bonds. The van der Waals surface area contributed by atoms with Crippen molar-refractivity contribution >= 4 is 28.4 Å². The molecule has 3 aromatic heterocycles. The van der Waals surface area contributed by atoms with E-state index in [2.05, 4.69) is 26.2 Å². The number of imidazole rings is 1. The first-order chi connectivity index (χ1) is 16.2. The van der Waals surface area contributed by atoms with Gasteiger partial charge in [0.1, 0.15) is 17.4 Å². The number of hydrogen-bond donors (Lipinski definition) is 2. The highest BCUT2D eigenvalue weighted by Crippen LogP contribution is 2.33. The fourth-order valence-corrected chi connectivity index (χ4v) is 4.37. The van der Waals surface area contributed by atoms with Crippen molar-refractivity contribution in [1.29, 1.82) is 5.26 Å². The summed E-state index contributed by atoms with van der Waals surface area (Å²) < 4.78 is 7.40. The standard InChI is InChI=1S/C24H18N6O2S/c1-15(21(31)17(14-25)22-26-18-10-5-6-11-19(18)27-22)33-24-29-28-23(20-12-7-13-32-20)30(24)16-8-3-2-4-9-16/h2-13,15,31H,1H3,(H,26,27)/b21-17-. The van der Waals surface area contributed by atoms with Gasteiger partial charge in [-0.1, -0.05) is 42.1 Å². The smallest absolute Gasteiger partial charge is 0.205 e. The largest absolute Gasteiger partial charge is 0.510 e. The Morgan fingerprint density at radius 2 is 1.88 bits per heavy atom. The van der Waals surface area contributed by atoms with E-state index in [1.165, 1.54) is 11.8 Å². The topological polar surface area (TPSA) is 117 Å². The zero-order valence-corrected chi connectivity index (χ0v) is 18.3. The lowest BCUT2D eigenvalue weighted by Crippen LogP contribution is -2.07. The first-order valence-electron chi connectivity index (χ1n) is 10.2. The molecule has 0 fully saturated rings. The molecule has 0 aliphatic rings. The van der Waals surface area contributed by atoms with Crippen LogP contribution in [0, 0.1) is 11.3 Å². The number of furan rings is 1. The van der Waals surface area contributed by atoms with Crippen LogP contribution in [-0.2, 0) is 0 Å². The zero-order chi connectivity index (χ0) is 22.8. The molecule has 0 saturated carbocycles. The van der Waals surface area contributed by atoms with Gasteiger partial charge in [0.2, 0.25) is 5.82 Å². The number of nitrogens with one attached hydrogen (secondary N) is 1. The summed E-state index contributed by atoms with van der Waals surface area (Å²) in [5.74, 6) is 1.35. The molecule has 0 saturated heterocycles. The molecule has 0 aliphatic heterocycles. The molecule has 33 heavy (non-hydrogen) atoms. The van der Waals surface area contributed by atoms with Crippen molar-refractivity contribution in [2.75, 3.05) is 0 Å². The van der Waals surface area contributed by atoms with Crippen LogP contribution in [-0.4, -0.2) is 35.1 Å². The van der Waals surface area contributed by atoms with Gasteiger partial charge in [-0.2, -0.15) is 5.26 Å². The summed E-state index contributed by atoms with van der Waals surface area (Å²) >= 11 is 1.28. The SMILES string of the molecule is CC(Sc1nnc(-c2ccco2)n1-c1ccccc1)/C(O)=C(\C#N)c1nc2ccccc2[nH]1. The number of nitriles is 1.